The molecule has 2 unspecified atom stereocenters. The molecule has 6 heteroatoms. The van der Waals surface area contributed by atoms with Gasteiger partial charge in [-0.1, -0.05) is 27.7 Å². The monoisotopic (exact) mass is 269 g/mol. The zero-order valence-corrected chi connectivity index (χ0v) is 12.9. The van der Waals surface area contributed by atoms with E-state index in [0.29, 0.717) is 18.4 Å². The molecule has 1 heterocycles. The molecule has 0 amide bonds. The first-order valence-corrected chi connectivity index (χ1v) is 6.97. The lowest BCUT2D eigenvalue weighted by molar-refractivity contribution is 0.122. The lowest BCUT2D eigenvalue weighted by atomic mass is 10.1. The fraction of sp³-hybridized carbons (Fsp3) is 0.923. The summed E-state index contributed by atoms with van der Waals surface area (Å²) in [6.07, 6.45) is 0. The summed E-state index contributed by atoms with van der Waals surface area (Å²) in [7, 11) is 1.71. The molecule has 0 spiro atoms. The van der Waals surface area contributed by atoms with Gasteiger partial charge in [0.25, 0.3) is 0 Å². The zero-order chi connectivity index (χ0) is 14.4. The summed E-state index contributed by atoms with van der Waals surface area (Å²) in [6, 6.07) is 0.300. The number of hydrogen-bond donors (Lipinski definition) is 1. The molecule has 19 heavy (non-hydrogen) atoms. The van der Waals surface area contributed by atoms with Gasteiger partial charge in [-0.3, -0.25) is 0 Å². The van der Waals surface area contributed by atoms with E-state index in [1.54, 1.807) is 7.11 Å². The molecule has 1 aromatic rings. The van der Waals surface area contributed by atoms with Crippen molar-refractivity contribution in [2.24, 2.45) is 11.8 Å². The lowest BCUT2D eigenvalue weighted by Gasteiger charge is -2.23. The Morgan fingerprint density at radius 3 is 2.42 bits per heavy atom. The maximum Gasteiger partial charge on any atom is 0.168 e. The smallest absolute Gasteiger partial charge is 0.168 e. The molecule has 0 aromatic carbocycles. The molecule has 1 aromatic heterocycles. The van der Waals surface area contributed by atoms with E-state index < -0.39 is 0 Å². The van der Waals surface area contributed by atoms with Crippen LogP contribution in [-0.2, 0) is 4.74 Å². The van der Waals surface area contributed by atoms with Crippen LogP contribution in [0.4, 0.5) is 0 Å². The number of aromatic nitrogens is 4. The van der Waals surface area contributed by atoms with Crippen molar-refractivity contribution in [2.45, 2.75) is 46.7 Å². The molecule has 110 valence electrons. The van der Waals surface area contributed by atoms with E-state index in [1.807, 2.05) is 4.68 Å². The molecule has 0 saturated heterocycles. The van der Waals surface area contributed by atoms with Crippen molar-refractivity contribution in [2.75, 3.05) is 20.3 Å². The molecule has 0 radical (unpaired) electrons. The van der Waals surface area contributed by atoms with Gasteiger partial charge in [-0.2, -0.15) is 0 Å². The van der Waals surface area contributed by atoms with Crippen molar-refractivity contribution in [1.29, 1.82) is 0 Å². The summed E-state index contributed by atoms with van der Waals surface area (Å²) in [4.78, 5) is 0. The van der Waals surface area contributed by atoms with Crippen LogP contribution in [-0.4, -0.2) is 40.5 Å². The average Bonchev–Trinajstić information content (AvgIpc) is 2.81. The van der Waals surface area contributed by atoms with Crippen molar-refractivity contribution < 1.29 is 4.74 Å². The van der Waals surface area contributed by atoms with Crippen molar-refractivity contribution in [1.82, 2.24) is 25.5 Å². The van der Waals surface area contributed by atoms with Gasteiger partial charge in [0, 0.05) is 7.11 Å². The molecule has 0 bridgehead atoms. The first kappa shape index (κ1) is 16.0. The van der Waals surface area contributed by atoms with E-state index in [0.717, 1.165) is 12.4 Å². The molecule has 0 saturated carbocycles. The van der Waals surface area contributed by atoms with Crippen LogP contribution < -0.4 is 5.32 Å². The summed E-state index contributed by atoms with van der Waals surface area (Å²) >= 11 is 0. The lowest BCUT2D eigenvalue weighted by Crippen LogP contribution is -2.29. The quantitative estimate of drug-likeness (QED) is 0.780. The summed E-state index contributed by atoms with van der Waals surface area (Å²) in [5.74, 6) is 1.89. The van der Waals surface area contributed by atoms with Crippen molar-refractivity contribution in [3.8, 4) is 0 Å². The van der Waals surface area contributed by atoms with Gasteiger partial charge in [0.2, 0.25) is 0 Å². The Labute approximate surface area is 115 Å². The largest absolute Gasteiger partial charge is 0.382 e. The standard InChI is InChI=1S/C13H27N5O/c1-9(2)7-14-11(5)13-15-16-17-18(13)12(8-19-6)10(3)4/h9-12,14H,7-8H2,1-6H3. The van der Waals surface area contributed by atoms with Crippen LogP contribution in [0.15, 0.2) is 0 Å². The van der Waals surface area contributed by atoms with Gasteiger partial charge in [0.1, 0.15) is 0 Å². The Balaban J connectivity index is 2.82. The van der Waals surface area contributed by atoms with Crippen LogP contribution in [0.1, 0.15) is 52.5 Å². The first-order valence-electron chi connectivity index (χ1n) is 6.97. The molecule has 0 aliphatic heterocycles. The fourth-order valence-corrected chi connectivity index (χ4v) is 1.94. The van der Waals surface area contributed by atoms with E-state index in [2.05, 4.69) is 55.5 Å². The summed E-state index contributed by atoms with van der Waals surface area (Å²) in [6.45, 7) is 12.3. The van der Waals surface area contributed by atoms with Crippen molar-refractivity contribution >= 4 is 0 Å². The molecule has 0 fully saturated rings. The first-order chi connectivity index (χ1) is 8.97. The van der Waals surface area contributed by atoms with E-state index in [4.69, 9.17) is 4.74 Å². The number of hydrogen-bond acceptors (Lipinski definition) is 5. The molecular weight excluding hydrogens is 242 g/mol. The number of nitrogens with one attached hydrogen (secondary N) is 1. The van der Waals surface area contributed by atoms with E-state index in [9.17, 15) is 0 Å². The minimum absolute atomic E-state index is 0.135. The molecule has 2 atom stereocenters. The van der Waals surface area contributed by atoms with Gasteiger partial charge in [-0.15, -0.1) is 5.10 Å². The van der Waals surface area contributed by atoms with E-state index in [-0.39, 0.29) is 12.1 Å². The minimum atomic E-state index is 0.135. The molecule has 0 aliphatic carbocycles. The highest BCUT2D eigenvalue weighted by Crippen LogP contribution is 2.20. The zero-order valence-electron chi connectivity index (χ0n) is 12.9. The Hall–Kier alpha value is -1.01. The van der Waals surface area contributed by atoms with Crippen molar-refractivity contribution in [3.05, 3.63) is 5.82 Å². The Kier molecular flexibility index (Phi) is 6.37. The van der Waals surface area contributed by atoms with Gasteiger partial charge in [-0.25, -0.2) is 4.68 Å². The van der Waals surface area contributed by atoms with Crippen LogP contribution >= 0.6 is 0 Å². The summed E-state index contributed by atoms with van der Waals surface area (Å²) in [5, 5.41) is 15.6. The number of nitrogens with zero attached hydrogens (tertiary/aromatic N) is 4. The van der Waals surface area contributed by atoms with Gasteiger partial charge in [0.15, 0.2) is 5.82 Å². The normalized spacial score (nSPS) is 15.2. The maximum absolute atomic E-state index is 5.29. The third kappa shape index (κ3) is 4.54. The maximum atomic E-state index is 5.29. The topological polar surface area (TPSA) is 64.9 Å². The Bertz CT molecular complexity index is 364. The molecule has 0 aliphatic rings. The number of tetrazole rings is 1. The Morgan fingerprint density at radius 1 is 1.21 bits per heavy atom. The van der Waals surface area contributed by atoms with E-state index >= 15 is 0 Å². The second-order valence-corrected chi connectivity index (χ2v) is 5.77. The predicted octanol–water partition coefficient (Wildman–Crippen LogP) is 1.82. The van der Waals surface area contributed by atoms with Gasteiger partial charge in [0.05, 0.1) is 18.7 Å². The van der Waals surface area contributed by atoms with Crippen molar-refractivity contribution in [3.63, 3.8) is 0 Å². The van der Waals surface area contributed by atoms with Crippen LogP contribution in [0.25, 0.3) is 0 Å². The number of rotatable bonds is 8. The van der Waals surface area contributed by atoms with Gasteiger partial charge < -0.3 is 10.1 Å². The van der Waals surface area contributed by atoms with Crippen LogP contribution in [0.3, 0.4) is 0 Å². The second kappa shape index (κ2) is 7.55. The highest BCUT2D eigenvalue weighted by atomic mass is 16.5. The molecule has 6 nitrogen and oxygen atoms in total. The predicted molar refractivity (Wildman–Crippen MR) is 74.8 cm³/mol. The number of methoxy groups -OCH3 is 1. The SMILES string of the molecule is COCC(C(C)C)n1nnnc1C(C)NCC(C)C. The molecule has 1 N–H and O–H groups in total. The van der Waals surface area contributed by atoms with Gasteiger partial charge in [-0.05, 0) is 35.7 Å². The average molecular weight is 269 g/mol. The van der Waals surface area contributed by atoms with Gasteiger partial charge >= 0.3 is 0 Å². The Morgan fingerprint density at radius 2 is 1.89 bits per heavy atom. The second-order valence-electron chi connectivity index (χ2n) is 5.77. The highest BCUT2D eigenvalue weighted by Gasteiger charge is 2.23. The number of ether oxygens (including phenoxy) is 1. The fourth-order valence-electron chi connectivity index (χ4n) is 1.94. The molecule has 1 rings (SSSR count). The van der Waals surface area contributed by atoms with Crippen LogP contribution in [0.2, 0.25) is 0 Å². The minimum Gasteiger partial charge on any atom is -0.382 e. The summed E-state index contributed by atoms with van der Waals surface area (Å²) < 4.78 is 7.18. The third-order valence-electron chi connectivity index (χ3n) is 3.16. The van der Waals surface area contributed by atoms with Crippen LogP contribution in [0.5, 0.6) is 0 Å². The highest BCUT2D eigenvalue weighted by molar-refractivity contribution is 4.92. The summed E-state index contributed by atoms with van der Waals surface area (Å²) in [5.41, 5.74) is 0. The van der Waals surface area contributed by atoms with E-state index in [1.165, 1.54) is 0 Å². The third-order valence-corrected chi connectivity index (χ3v) is 3.16. The molecular formula is C13H27N5O. The van der Waals surface area contributed by atoms with Crippen LogP contribution in [0, 0.1) is 11.8 Å².